The van der Waals surface area contributed by atoms with Crippen LogP contribution in [-0.2, 0) is 11.3 Å². The van der Waals surface area contributed by atoms with Gasteiger partial charge < -0.3 is 10.4 Å². The minimum Gasteiger partial charge on any atom is -0.396 e. The predicted molar refractivity (Wildman–Crippen MR) is 93.0 cm³/mol. The van der Waals surface area contributed by atoms with Gasteiger partial charge in [0.2, 0.25) is 5.91 Å². The first-order valence-electron chi connectivity index (χ1n) is 8.70. The summed E-state index contributed by atoms with van der Waals surface area (Å²) in [5, 5.41) is 21.6. The minimum absolute atomic E-state index is 0.0857. The van der Waals surface area contributed by atoms with Gasteiger partial charge in [-0.2, -0.15) is 5.26 Å². The van der Waals surface area contributed by atoms with Crippen molar-refractivity contribution in [2.75, 3.05) is 13.2 Å². The molecule has 0 aromatic heterocycles. The molecule has 1 aliphatic carbocycles. The van der Waals surface area contributed by atoms with Crippen molar-refractivity contribution in [3.63, 3.8) is 0 Å². The number of nitriles is 1. The van der Waals surface area contributed by atoms with Gasteiger partial charge in [0.1, 0.15) is 5.54 Å². The summed E-state index contributed by atoms with van der Waals surface area (Å²) in [4.78, 5) is 14.6. The fourth-order valence-corrected chi connectivity index (χ4v) is 3.29. The van der Waals surface area contributed by atoms with Crippen molar-refractivity contribution in [2.45, 2.75) is 57.2 Å². The van der Waals surface area contributed by atoms with Crippen LogP contribution < -0.4 is 5.32 Å². The average molecular weight is 329 g/mol. The molecule has 0 radical (unpaired) electrons. The van der Waals surface area contributed by atoms with Crippen LogP contribution in [0.4, 0.5) is 0 Å². The Kier molecular flexibility index (Phi) is 6.77. The molecule has 24 heavy (non-hydrogen) atoms. The highest BCUT2D eigenvalue weighted by atomic mass is 16.3. The Morgan fingerprint density at radius 3 is 2.62 bits per heavy atom. The van der Waals surface area contributed by atoms with Gasteiger partial charge in [-0.05, 0) is 44.6 Å². The number of hydrogen-bond acceptors (Lipinski definition) is 4. The van der Waals surface area contributed by atoms with Gasteiger partial charge in [-0.25, -0.2) is 0 Å². The Hall–Kier alpha value is -1.90. The standard InChI is InChI=1S/C19H27N3O2/c1-16(9-12-23)22(13-17-7-3-2-4-8-17)14-18(24)21-19(15-20)10-5-6-11-19/h2-4,7-8,16,23H,5-6,9-14H2,1H3,(H,21,24). The molecule has 0 aliphatic heterocycles. The Labute approximate surface area is 144 Å². The summed E-state index contributed by atoms with van der Waals surface area (Å²) in [5.74, 6) is -0.112. The molecule has 2 rings (SSSR count). The SMILES string of the molecule is CC(CCO)N(CC(=O)NC1(C#N)CCCC1)Cc1ccccc1. The second-order valence-electron chi connectivity index (χ2n) is 6.70. The lowest BCUT2D eigenvalue weighted by atomic mass is 10.00. The molecular weight excluding hydrogens is 302 g/mol. The molecule has 1 unspecified atom stereocenters. The van der Waals surface area contributed by atoms with Gasteiger partial charge in [0.15, 0.2) is 0 Å². The van der Waals surface area contributed by atoms with E-state index in [4.69, 9.17) is 0 Å². The summed E-state index contributed by atoms with van der Waals surface area (Å²) < 4.78 is 0. The number of nitrogens with zero attached hydrogens (tertiary/aromatic N) is 2. The number of amides is 1. The molecule has 0 spiro atoms. The van der Waals surface area contributed by atoms with Crippen molar-refractivity contribution in [2.24, 2.45) is 0 Å². The number of nitrogens with one attached hydrogen (secondary N) is 1. The molecule has 1 saturated carbocycles. The number of hydrogen-bond donors (Lipinski definition) is 2. The summed E-state index contributed by atoms with van der Waals surface area (Å²) in [6.45, 7) is 2.99. The quantitative estimate of drug-likeness (QED) is 0.767. The van der Waals surface area contributed by atoms with Crippen LogP contribution in [0.25, 0.3) is 0 Å². The van der Waals surface area contributed by atoms with Crippen LogP contribution >= 0.6 is 0 Å². The highest BCUT2D eigenvalue weighted by Crippen LogP contribution is 2.28. The fraction of sp³-hybridized carbons (Fsp3) is 0.579. The van der Waals surface area contributed by atoms with Crippen LogP contribution in [0, 0.1) is 11.3 Å². The van der Waals surface area contributed by atoms with Gasteiger partial charge in [0.25, 0.3) is 0 Å². The van der Waals surface area contributed by atoms with Crippen LogP contribution in [0.2, 0.25) is 0 Å². The molecular formula is C19H27N3O2. The van der Waals surface area contributed by atoms with Crippen LogP contribution in [0.1, 0.15) is 44.6 Å². The van der Waals surface area contributed by atoms with E-state index in [0.29, 0.717) is 13.0 Å². The molecule has 1 fully saturated rings. The van der Waals surface area contributed by atoms with Crippen LogP contribution in [0.3, 0.4) is 0 Å². The van der Waals surface area contributed by atoms with E-state index in [1.807, 2.05) is 37.3 Å². The third-order valence-corrected chi connectivity index (χ3v) is 4.80. The Morgan fingerprint density at radius 1 is 1.38 bits per heavy atom. The Bertz CT molecular complexity index is 562. The number of aliphatic hydroxyl groups is 1. The molecule has 5 nitrogen and oxygen atoms in total. The van der Waals surface area contributed by atoms with Crippen molar-refractivity contribution in [3.05, 3.63) is 35.9 Å². The number of rotatable bonds is 8. The number of carbonyl (C=O) groups excluding carboxylic acids is 1. The number of carbonyl (C=O) groups is 1. The predicted octanol–water partition coefficient (Wildman–Crippen LogP) is 2.21. The molecule has 0 saturated heterocycles. The van der Waals surface area contributed by atoms with Gasteiger partial charge in [-0.3, -0.25) is 9.69 Å². The summed E-state index contributed by atoms with van der Waals surface area (Å²) in [5.41, 5.74) is 0.446. The molecule has 0 heterocycles. The number of benzene rings is 1. The summed E-state index contributed by atoms with van der Waals surface area (Å²) in [7, 11) is 0. The summed E-state index contributed by atoms with van der Waals surface area (Å²) >= 11 is 0. The highest BCUT2D eigenvalue weighted by Gasteiger charge is 2.35. The number of aliphatic hydroxyl groups excluding tert-OH is 1. The largest absolute Gasteiger partial charge is 0.396 e. The van der Waals surface area contributed by atoms with Crippen LogP contribution in [-0.4, -0.2) is 40.6 Å². The van der Waals surface area contributed by atoms with E-state index in [2.05, 4.69) is 16.3 Å². The average Bonchev–Trinajstić information content (AvgIpc) is 3.04. The van der Waals surface area contributed by atoms with E-state index >= 15 is 0 Å². The second kappa shape index (κ2) is 8.81. The molecule has 1 aromatic rings. The van der Waals surface area contributed by atoms with Gasteiger partial charge in [0, 0.05) is 19.2 Å². The maximum atomic E-state index is 12.5. The van der Waals surface area contributed by atoms with E-state index in [1.165, 1.54) is 0 Å². The van der Waals surface area contributed by atoms with E-state index in [0.717, 1.165) is 31.2 Å². The van der Waals surface area contributed by atoms with Crippen LogP contribution in [0.15, 0.2) is 30.3 Å². The smallest absolute Gasteiger partial charge is 0.235 e. The molecule has 1 amide bonds. The lowest BCUT2D eigenvalue weighted by Gasteiger charge is -2.30. The molecule has 5 heteroatoms. The van der Waals surface area contributed by atoms with E-state index in [-0.39, 0.29) is 25.1 Å². The molecule has 1 aliphatic rings. The van der Waals surface area contributed by atoms with Crippen molar-refractivity contribution in [1.29, 1.82) is 5.26 Å². The maximum absolute atomic E-state index is 12.5. The molecule has 130 valence electrons. The zero-order chi connectivity index (χ0) is 17.4. The highest BCUT2D eigenvalue weighted by molar-refractivity contribution is 5.79. The summed E-state index contributed by atoms with van der Waals surface area (Å²) in [6.07, 6.45) is 4.06. The van der Waals surface area contributed by atoms with E-state index < -0.39 is 5.54 Å². The lowest BCUT2D eigenvalue weighted by Crippen LogP contribution is -2.50. The first-order valence-corrected chi connectivity index (χ1v) is 8.70. The van der Waals surface area contributed by atoms with Gasteiger partial charge in [-0.15, -0.1) is 0 Å². The fourth-order valence-electron chi connectivity index (χ4n) is 3.29. The second-order valence-corrected chi connectivity index (χ2v) is 6.70. The van der Waals surface area contributed by atoms with Crippen molar-refractivity contribution in [3.8, 4) is 6.07 Å². The van der Waals surface area contributed by atoms with E-state index in [9.17, 15) is 15.2 Å². The zero-order valence-corrected chi connectivity index (χ0v) is 14.4. The van der Waals surface area contributed by atoms with Gasteiger partial charge >= 0.3 is 0 Å². The normalized spacial score (nSPS) is 17.4. The topological polar surface area (TPSA) is 76.4 Å². The first-order chi connectivity index (χ1) is 11.6. The molecule has 0 bridgehead atoms. The van der Waals surface area contributed by atoms with Crippen molar-refractivity contribution >= 4 is 5.91 Å². The molecule has 2 N–H and O–H groups in total. The van der Waals surface area contributed by atoms with Gasteiger partial charge in [0.05, 0.1) is 12.6 Å². The maximum Gasteiger partial charge on any atom is 0.235 e. The Morgan fingerprint density at radius 2 is 2.04 bits per heavy atom. The van der Waals surface area contributed by atoms with Crippen molar-refractivity contribution in [1.82, 2.24) is 10.2 Å². The third kappa shape index (κ3) is 5.05. The first kappa shape index (κ1) is 18.4. The van der Waals surface area contributed by atoms with E-state index in [1.54, 1.807) is 0 Å². The van der Waals surface area contributed by atoms with Crippen molar-refractivity contribution < 1.29 is 9.90 Å². The third-order valence-electron chi connectivity index (χ3n) is 4.80. The lowest BCUT2D eigenvalue weighted by molar-refractivity contribution is -0.124. The van der Waals surface area contributed by atoms with Crippen LogP contribution in [0.5, 0.6) is 0 Å². The Balaban J connectivity index is 2.01. The minimum atomic E-state index is -0.685. The zero-order valence-electron chi connectivity index (χ0n) is 14.4. The van der Waals surface area contributed by atoms with Gasteiger partial charge in [-0.1, -0.05) is 30.3 Å². The molecule has 1 atom stereocenters. The molecule has 1 aromatic carbocycles. The summed E-state index contributed by atoms with van der Waals surface area (Å²) in [6, 6.07) is 12.4. The monoisotopic (exact) mass is 329 g/mol.